The molecule has 0 aliphatic carbocycles. The SMILES string of the molecule is CCOc1c(Cl)cc(Cl)cc1/C=C1\C(=O)NC(=O)N(c2ccc(Br)cc2)C1=O. The van der Waals surface area contributed by atoms with Crippen LogP contribution in [0.5, 0.6) is 5.75 Å². The van der Waals surface area contributed by atoms with Crippen molar-refractivity contribution < 1.29 is 19.1 Å². The predicted molar refractivity (Wildman–Crippen MR) is 111 cm³/mol. The van der Waals surface area contributed by atoms with E-state index < -0.39 is 17.8 Å². The van der Waals surface area contributed by atoms with Crippen LogP contribution in [0.4, 0.5) is 10.5 Å². The molecule has 1 saturated heterocycles. The third kappa shape index (κ3) is 4.06. The fraction of sp³-hybridized carbons (Fsp3) is 0.105. The first-order valence-electron chi connectivity index (χ1n) is 8.10. The molecular weight excluding hydrogens is 471 g/mol. The molecule has 1 aliphatic rings. The van der Waals surface area contributed by atoms with Crippen LogP contribution in [-0.4, -0.2) is 24.5 Å². The van der Waals surface area contributed by atoms with E-state index in [1.54, 1.807) is 31.2 Å². The van der Waals surface area contributed by atoms with Crippen molar-refractivity contribution in [2.45, 2.75) is 6.92 Å². The third-order valence-electron chi connectivity index (χ3n) is 3.81. The zero-order chi connectivity index (χ0) is 20.4. The summed E-state index contributed by atoms with van der Waals surface area (Å²) in [5.74, 6) is -1.30. The van der Waals surface area contributed by atoms with Crippen LogP contribution in [0.25, 0.3) is 6.08 Å². The highest BCUT2D eigenvalue weighted by Crippen LogP contribution is 2.34. The molecule has 6 nitrogen and oxygen atoms in total. The molecule has 0 spiro atoms. The van der Waals surface area contributed by atoms with Crippen LogP contribution in [0.1, 0.15) is 12.5 Å². The molecule has 2 aromatic rings. The van der Waals surface area contributed by atoms with Gasteiger partial charge in [-0.05, 0) is 49.4 Å². The van der Waals surface area contributed by atoms with Crippen molar-refractivity contribution >= 4 is 68.7 Å². The van der Waals surface area contributed by atoms with Crippen molar-refractivity contribution in [1.29, 1.82) is 0 Å². The number of imide groups is 2. The average Bonchev–Trinajstić information content (AvgIpc) is 2.62. The van der Waals surface area contributed by atoms with Crippen LogP contribution in [-0.2, 0) is 9.59 Å². The van der Waals surface area contributed by atoms with E-state index in [2.05, 4.69) is 21.2 Å². The van der Waals surface area contributed by atoms with Gasteiger partial charge in [-0.25, -0.2) is 9.69 Å². The monoisotopic (exact) mass is 482 g/mol. The fourth-order valence-corrected chi connectivity index (χ4v) is 3.45. The number of ether oxygens (including phenoxy) is 1. The van der Waals surface area contributed by atoms with E-state index in [4.69, 9.17) is 27.9 Å². The molecule has 0 radical (unpaired) electrons. The minimum atomic E-state index is -0.830. The van der Waals surface area contributed by atoms with Gasteiger partial charge >= 0.3 is 6.03 Å². The zero-order valence-electron chi connectivity index (χ0n) is 14.5. The van der Waals surface area contributed by atoms with E-state index in [0.717, 1.165) is 9.37 Å². The van der Waals surface area contributed by atoms with E-state index in [0.29, 0.717) is 22.9 Å². The number of barbiturate groups is 1. The van der Waals surface area contributed by atoms with Gasteiger partial charge in [-0.2, -0.15) is 0 Å². The largest absolute Gasteiger partial charge is 0.492 e. The number of anilines is 1. The maximum Gasteiger partial charge on any atom is 0.335 e. The number of halogens is 3. The molecule has 0 unspecified atom stereocenters. The lowest BCUT2D eigenvalue weighted by Gasteiger charge is -2.26. The molecular formula is C19H13BrCl2N2O4. The summed E-state index contributed by atoms with van der Waals surface area (Å²) in [6.07, 6.45) is 1.30. The lowest BCUT2D eigenvalue weighted by atomic mass is 10.1. The maximum atomic E-state index is 12.9. The maximum absolute atomic E-state index is 12.9. The second kappa shape index (κ2) is 8.34. The summed E-state index contributed by atoms with van der Waals surface area (Å²) < 4.78 is 6.30. The van der Waals surface area contributed by atoms with Crippen LogP contribution in [0.2, 0.25) is 10.0 Å². The zero-order valence-corrected chi connectivity index (χ0v) is 17.6. The standard InChI is InChI=1S/C19H13BrCl2N2O4/c1-2-28-16-10(7-12(21)9-15(16)22)8-14-17(25)23-19(27)24(18(14)26)13-5-3-11(20)4-6-13/h3-9H,2H2,1H3,(H,23,25,27)/b14-8+. The van der Waals surface area contributed by atoms with Crippen LogP contribution in [0.3, 0.4) is 0 Å². The number of rotatable bonds is 4. The number of benzene rings is 2. The van der Waals surface area contributed by atoms with Gasteiger partial charge in [-0.1, -0.05) is 39.1 Å². The minimum absolute atomic E-state index is 0.241. The highest BCUT2D eigenvalue weighted by molar-refractivity contribution is 9.10. The fourth-order valence-electron chi connectivity index (χ4n) is 2.62. The lowest BCUT2D eigenvalue weighted by Crippen LogP contribution is -2.54. The van der Waals surface area contributed by atoms with Crippen molar-refractivity contribution in [3.63, 3.8) is 0 Å². The molecule has 0 bridgehead atoms. The Morgan fingerprint density at radius 1 is 1.14 bits per heavy atom. The first-order chi connectivity index (χ1) is 13.3. The van der Waals surface area contributed by atoms with Crippen LogP contribution in [0, 0.1) is 0 Å². The molecule has 1 heterocycles. The highest BCUT2D eigenvalue weighted by atomic mass is 79.9. The van der Waals surface area contributed by atoms with Crippen molar-refractivity contribution in [3.8, 4) is 5.75 Å². The highest BCUT2D eigenvalue weighted by Gasteiger charge is 2.37. The molecule has 144 valence electrons. The quantitative estimate of drug-likeness (QED) is 0.499. The van der Waals surface area contributed by atoms with Crippen LogP contribution < -0.4 is 15.0 Å². The normalized spacial score (nSPS) is 15.8. The number of nitrogens with one attached hydrogen (secondary N) is 1. The summed E-state index contributed by atoms with van der Waals surface area (Å²) in [4.78, 5) is 38.4. The Balaban J connectivity index is 2.08. The molecule has 28 heavy (non-hydrogen) atoms. The Morgan fingerprint density at radius 2 is 1.82 bits per heavy atom. The van der Waals surface area contributed by atoms with Gasteiger partial charge in [0.05, 0.1) is 17.3 Å². The molecule has 1 N–H and O–H groups in total. The number of urea groups is 1. The first kappa shape index (κ1) is 20.4. The average molecular weight is 484 g/mol. The van der Waals surface area contributed by atoms with Crippen molar-refractivity contribution in [2.24, 2.45) is 0 Å². The number of hydrogen-bond acceptors (Lipinski definition) is 4. The van der Waals surface area contributed by atoms with E-state index in [1.807, 2.05) is 0 Å². The summed E-state index contributed by atoms with van der Waals surface area (Å²) in [5, 5.41) is 2.72. The van der Waals surface area contributed by atoms with Gasteiger partial charge < -0.3 is 4.74 Å². The van der Waals surface area contributed by atoms with Gasteiger partial charge in [-0.3, -0.25) is 14.9 Å². The van der Waals surface area contributed by atoms with E-state index in [9.17, 15) is 14.4 Å². The van der Waals surface area contributed by atoms with Gasteiger partial charge in [0, 0.05) is 15.1 Å². The Labute approximate surface area is 179 Å². The first-order valence-corrected chi connectivity index (χ1v) is 9.65. The second-order valence-corrected chi connectivity index (χ2v) is 7.43. The minimum Gasteiger partial charge on any atom is -0.492 e. The molecule has 0 saturated carbocycles. The molecule has 1 aliphatic heterocycles. The van der Waals surface area contributed by atoms with Gasteiger partial charge in [0.15, 0.2) is 0 Å². The number of nitrogens with zero attached hydrogens (tertiary/aromatic N) is 1. The molecule has 3 rings (SSSR count). The molecule has 1 fully saturated rings. The number of amides is 4. The number of carbonyl (C=O) groups excluding carboxylic acids is 3. The number of hydrogen-bond donors (Lipinski definition) is 1. The van der Waals surface area contributed by atoms with E-state index in [-0.39, 0.29) is 16.3 Å². The van der Waals surface area contributed by atoms with Crippen LogP contribution >= 0.6 is 39.1 Å². The molecule has 0 aromatic heterocycles. The smallest absolute Gasteiger partial charge is 0.335 e. The Kier molecular flexibility index (Phi) is 6.07. The summed E-state index contributed by atoms with van der Waals surface area (Å²) in [6, 6.07) is 8.71. The topological polar surface area (TPSA) is 75.7 Å². The molecule has 4 amide bonds. The molecule has 0 atom stereocenters. The van der Waals surface area contributed by atoms with Crippen molar-refractivity contribution in [1.82, 2.24) is 5.32 Å². The van der Waals surface area contributed by atoms with E-state index >= 15 is 0 Å². The number of carbonyl (C=O) groups is 3. The summed E-state index contributed by atoms with van der Waals surface area (Å²) >= 11 is 15.5. The Hall–Kier alpha value is -2.35. The summed E-state index contributed by atoms with van der Waals surface area (Å²) in [7, 11) is 0. The van der Waals surface area contributed by atoms with Gasteiger partial charge in [-0.15, -0.1) is 0 Å². The second-order valence-electron chi connectivity index (χ2n) is 5.67. The summed E-state index contributed by atoms with van der Waals surface area (Å²) in [5.41, 5.74) is 0.419. The third-order valence-corrected chi connectivity index (χ3v) is 4.84. The Bertz CT molecular complexity index is 1010. The molecule has 2 aromatic carbocycles. The molecule has 9 heteroatoms. The van der Waals surface area contributed by atoms with Gasteiger partial charge in [0.1, 0.15) is 11.3 Å². The lowest BCUT2D eigenvalue weighted by molar-refractivity contribution is -0.122. The van der Waals surface area contributed by atoms with Gasteiger partial charge in [0.25, 0.3) is 11.8 Å². The van der Waals surface area contributed by atoms with E-state index in [1.165, 1.54) is 18.2 Å². The van der Waals surface area contributed by atoms with Crippen molar-refractivity contribution in [3.05, 3.63) is 62.1 Å². The predicted octanol–water partition coefficient (Wildman–Crippen LogP) is 4.82. The summed E-state index contributed by atoms with van der Waals surface area (Å²) in [6.45, 7) is 2.09. The Morgan fingerprint density at radius 3 is 2.46 bits per heavy atom. The van der Waals surface area contributed by atoms with Crippen molar-refractivity contribution in [2.75, 3.05) is 11.5 Å². The van der Waals surface area contributed by atoms with Gasteiger partial charge in [0.2, 0.25) is 0 Å². The van der Waals surface area contributed by atoms with Crippen LogP contribution in [0.15, 0.2) is 46.4 Å².